The summed E-state index contributed by atoms with van der Waals surface area (Å²) in [6, 6.07) is 1.23. The molecule has 1 aromatic rings. The molecule has 1 aromatic heterocycles. The maximum absolute atomic E-state index is 11.8. The van der Waals surface area contributed by atoms with Crippen molar-refractivity contribution >= 4 is 0 Å². The van der Waals surface area contributed by atoms with Gasteiger partial charge in [-0.15, -0.1) is 0 Å². The summed E-state index contributed by atoms with van der Waals surface area (Å²) in [5.41, 5.74) is -1.07. The van der Waals surface area contributed by atoms with Crippen molar-refractivity contribution in [2.24, 2.45) is 0 Å². The molecule has 0 radical (unpaired) electrons. The minimum Gasteiger partial charge on any atom is -0.394 e. The van der Waals surface area contributed by atoms with Gasteiger partial charge in [-0.2, -0.15) is 0 Å². The molecule has 1 unspecified atom stereocenters. The second-order valence-electron chi connectivity index (χ2n) is 5.33. The molecule has 8 heteroatoms. The standard InChI is InChI=1S/C12H16N2O6/c1-12(2)19-8-6(5-15)18-10(9(8)20-12)14-4-3-7(16)13-11(14)17/h3-4,6,8-10,15H,5H2,1-2H3,(H,13,16,17)/t6-,8+,9?,10-/m1/s1. The van der Waals surface area contributed by atoms with Gasteiger partial charge in [0.1, 0.15) is 18.3 Å². The maximum Gasteiger partial charge on any atom is 0.330 e. The minimum atomic E-state index is -0.809. The molecule has 0 amide bonds. The minimum absolute atomic E-state index is 0.241. The molecule has 0 bridgehead atoms. The average Bonchev–Trinajstić information content (AvgIpc) is 2.83. The van der Waals surface area contributed by atoms with Crippen LogP contribution in [0.25, 0.3) is 0 Å². The third kappa shape index (κ3) is 2.10. The molecular formula is C12H16N2O6. The van der Waals surface area contributed by atoms with Crippen molar-refractivity contribution in [3.8, 4) is 0 Å². The Morgan fingerprint density at radius 3 is 2.70 bits per heavy atom. The molecule has 3 rings (SSSR count). The highest BCUT2D eigenvalue weighted by molar-refractivity contribution is 4.98. The van der Waals surface area contributed by atoms with E-state index in [1.54, 1.807) is 13.8 Å². The fourth-order valence-corrected chi connectivity index (χ4v) is 2.66. The number of nitrogens with zero attached hydrogens (tertiary/aromatic N) is 1. The normalized spacial score (nSPS) is 35.1. The summed E-state index contributed by atoms with van der Waals surface area (Å²) in [4.78, 5) is 25.1. The fraction of sp³-hybridized carbons (Fsp3) is 0.667. The first-order chi connectivity index (χ1) is 9.41. The van der Waals surface area contributed by atoms with E-state index in [0.717, 1.165) is 0 Å². The molecule has 2 fully saturated rings. The SMILES string of the molecule is CC1(C)OC2[C@@H](O1)[C@@H](CO)O[C@H]2n1ccc(=O)[nH]c1=O. The number of aromatic nitrogens is 2. The van der Waals surface area contributed by atoms with Gasteiger partial charge in [0.15, 0.2) is 12.0 Å². The van der Waals surface area contributed by atoms with E-state index in [1.165, 1.54) is 16.8 Å². The van der Waals surface area contributed by atoms with Crippen LogP contribution in [0.15, 0.2) is 21.9 Å². The third-order valence-corrected chi connectivity index (χ3v) is 3.43. The lowest BCUT2D eigenvalue weighted by molar-refractivity contribution is -0.200. The number of aliphatic hydroxyl groups is 1. The molecule has 2 aliphatic rings. The van der Waals surface area contributed by atoms with Gasteiger partial charge in [-0.25, -0.2) is 4.79 Å². The molecule has 20 heavy (non-hydrogen) atoms. The van der Waals surface area contributed by atoms with Gasteiger partial charge in [-0.3, -0.25) is 14.3 Å². The largest absolute Gasteiger partial charge is 0.394 e. The maximum atomic E-state index is 11.8. The van der Waals surface area contributed by atoms with Crippen LogP contribution in [0.2, 0.25) is 0 Å². The van der Waals surface area contributed by atoms with Crippen LogP contribution >= 0.6 is 0 Å². The molecule has 0 aromatic carbocycles. The van der Waals surface area contributed by atoms with Crippen LogP contribution in [0, 0.1) is 0 Å². The number of fused-ring (bicyclic) bond motifs is 1. The van der Waals surface area contributed by atoms with E-state index in [2.05, 4.69) is 4.98 Å². The van der Waals surface area contributed by atoms with E-state index < -0.39 is 41.6 Å². The van der Waals surface area contributed by atoms with Crippen LogP contribution < -0.4 is 11.2 Å². The summed E-state index contributed by atoms with van der Waals surface area (Å²) >= 11 is 0. The van der Waals surface area contributed by atoms with Crippen LogP contribution in [0.1, 0.15) is 20.1 Å². The van der Waals surface area contributed by atoms with Crippen molar-refractivity contribution in [2.45, 2.75) is 44.2 Å². The van der Waals surface area contributed by atoms with Crippen molar-refractivity contribution in [3.63, 3.8) is 0 Å². The summed E-state index contributed by atoms with van der Waals surface area (Å²) < 4.78 is 18.3. The zero-order valence-corrected chi connectivity index (χ0v) is 11.1. The topological polar surface area (TPSA) is 103 Å². The quantitative estimate of drug-likeness (QED) is 0.718. The predicted octanol–water partition coefficient (Wildman–Crippen LogP) is -1.05. The van der Waals surface area contributed by atoms with Crippen molar-refractivity contribution in [1.82, 2.24) is 9.55 Å². The van der Waals surface area contributed by atoms with Gasteiger partial charge in [-0.1, -0.05) is 0 Å². The summed E-state index contributed by atoms with van der Waals surface area (Å²) in [6.07, 6.45) is -0.962. The van der Waals surface area contributed by atoms with Gasteiger partial charge in [0.05, 0.1) is 6.61 Å². The van der Waals surface area contributed by atoms with E-state index in [1.807, 2.05) is 0 Å². The Morgan fingerprint density at radius 1 is 1.35 bits per heavy atom. The monoisotopic (exact) mass is 284 g/mol. The Labute approximate surface area is 113 Å². The smallest absolute Gasteiger partial charge is 0.330 e. The van der Waals surface area contributed by atoms with E-state index >= 15 is 0 Å². The van der Waals surface area contributed by atoms with Crippen LogP contribution in [-0.2, 0) is 14.2 Å². The number of nitrogens with one attached hydrogen (secondary N) is 1. The number of aromatic amines is 1. The Hall–Kier alpha value is -1.48. The van der Waals surface area contributed by atoms with Crippen LogP contribution in [0.3, 0.4) is 0 Å². The molecule has 110 valence electrons. The summed E-state index contributed by atoms with van der Waals surface area (Å²) in [5.74, 6) is -0.809. The molecule has 2 saturated heterocycles. The van der Waals surface area contributed by atoms with E-state index in [4.69, 9.17) is 14.2 Å². The molecule has 4 atom stereocenters. The van der Waals surface area contributed by atoms with Gasteiger partial charge in [0, 0.05) is 12.3 Å². The number of hydrogen-bond acceptors (Lipinski definition) is 6. The number of aliphatic hydroxyl groups excluding tert-OH is 1. The molecule has 2 aliphatic heterocycles. The van der Waals surface area contributed by atoms with Crippen molar-refractivity contribution in [1.29, 1.82) is 0 Å². The zero-order valence-electron chi connectivity index (χ0n) is 11.1. The highest BCUT2D eigenvalue weighted by Crippen LogP contribution is 2.42. The first kappa shape index (κ1) is 13.5. The first-order valence-electron chi connectivity index (χ1n) is 6.35. The summed E-state index contributed by atoms with van der Waals surface area (Å²) in [6.45, 7) is 3.27. The van der Waals surface area contributed by atoms with Crippen LogP contribution in [0.4, 0.5) is 0 Å². The van der Waals surface area contributed by atoms with Crippen molar-refractivity contribution in [2.75, 3.05) is 6.61 Å². The average molecular weight is 284 g/mol. The first-order valence-corrected chi connectivity index (χ1v) is 6.35. The fourth-order valence-electron chi connectivity index (χ4n) is 2.66. The van der Waals surface area contributed by atoms with Gasteiger partial charge in [0.25, 0.3) is 5.56 Å². The second kappa shape index (κ2) is 4.52. The molecule has 0 aliphatic carbocycles. The number of hydrogen-bond donors (Lipinski definition) is 2. The summed E-state index contributed by atoms with van der Waals surface area (Å²) in [7, 11) is 0. The Morgan fingerprint density at radius 2 is 2.05 bits per heavy atom. The van der Waals surface area contributed by atoms with Gasteiger partial charge >= 0.3 is 5.69 Å². The Balaban J connectivity index is 1.98. The molecule has 0 saturated carbocycles. The van der Waals surface area contributed by atoms with Gasteiger partial charge < -0.3 is 19.3 Å². The predicted molar refractivity (Wildman–Crippen MR) is 66.1 cm³/mol. The van der Waals surface area contributed by atoms with Crippen molar-refractivity contribution < 1.29 is 19.3 Å². The zero-order chi connectivity index (χ0) is 14.5. The van der Waals surface area contributed by atoms with E-state index in [0.29, 0.717) is 0 Å². The van der Waals surface area contributed by atoms with Crippen molar-refractivity contribution in [3.05, 3.63) is 33.1 Å². The third-order valence-electron chi connectivity index (χ3n) is 3.43. The van der Waals surface area contributed by atoms with Gasteiger partial charge in [-0.05, 0) is 13.8 Å². The van der Waals surface area contributed by atoms with Crippen LogP contribution in [0.5, 0.6) is 0 Å². The highest BCUT2D eigenvalue weighted by atomic mass is 16.8. The lowest BCUT2D eigenvalue weighted by Gasteiger charge is -2.24. The van der Waals surface area contributed by atoms with Crippen LogP contribution in [-0.4, -0.2) is 45.4 Å². The van der Waals surface area contributed by atoms with Gasteiger partial charge in [0.2, 0.25) is 0 Å². The lowest BCUT2D eigenvalue weighted by Crippen LogP contribution is -2.37. The number of ether oxygens (including phenoxy) is 3. The molecule has 8 nitrogen and oxygen atoms in total. The number of H-pyrrole nitrogens is 1. The summed E-state index contributed by atoms with van der Waals surface area (Å²) in [5, 5.41) is 9.36. The molecule has 2 N–H and O–H groups in total. The van der Waals surface area contributed by atoms with E-state index in [-0.39, 0.29) is 6.61 Å². The molecule has 0 spiro atoms. The van der Waals surface area contributed by atoms with E-state index in [9.17, 15) is 14.7 Å². The molecule has 3 heterocycles. The lowest BCUT2D eigenvalue weighted by atomic mass is 10.1. The Kier molecular flexibility index (Phi) is 3.05. The molecular weight excluding hydrogens is 268 g/mol. The Bertz CT molecular complexity index is 621. The second-order valence-corrected chi connectivity index (χ2v) is 5.33. The number of rotatable bonds is 2. The highest BCUT2D eigenvalue weighted by Gasteiger charge is 2.55.